The van der Waals surface area contributed by atoms with E-state index in [-0.39, 0.29) is 12.8 Å². The zero-order chi connectivity index (χ0) is 19.0. The topological polar surface area (TPSA) is 125 Å². The second kappa shape index (κ2) is 9.37. The molecular formula is C17H21FN4O3. The highest BCUT2D eigenvalue weighted by molar-refractivity contribution is 5.91. The average Bonchev–Trinajstić information content (AvgIpc) is 2.53. The van der Waals surface area contributed by atoms with Crippen LogP contribution in [0.5, 0.6) is 0 Å². The maximum atomic E-state index is 13.0. The minimum atomic E-state index is -1.03. The highest BCUT2D eigenvalue weighted by Crippen LogP contribution is 2.10. The first kappa shape index (κ1) is 20.1. The normalized spacial score (nSPS) is 13.8. The zero-order valence-electron chi connectivity index (χ0n) is 14.1. The molecule has 0 fully saturated rings. The lowest BCUT2D eigenvalue weighted by Crippen LogP contribution is -2.55. The number of halogens is 1. The molecule has 0 aliphatic heterocycles. The molecule has 0 aromatic heterocycles. The molecule has 25 heavy (non-hydrogen) atoms. The number of hydrogen-bond acceptors (Lipinski definition) is 4. The average molecular weight is 348 g/mol. The second-order valence-corrected chi connectivity index (χ2v) is 5.81. The third kappa shape index (κ3) is 6.59. The quantitative estimate of drug-likeness (QED) is 0.628. The van der Waals surface area contributed by atoms with Crippen molar-refractivity contribution < 1.29 is 18.8 Å². The van der Waals surface area contributed by atoms with Crippen LogP contribution in [0.1, 0.15) is 25.8 Å². The van der Waals surface area contributed by atoms with E-state index in [0.29, 0.717) is 5.56 Å². The van der Waals surface area contributed by atoms with Gasteiger partial charge in [0, 0.05) is 19.8 Å². The number of nitriles is 1. The molecule has 4 N–H and O–H groups in total. The third-order valence-corrected chi connectivity index (χ3v) is 3.63. The van der Waals surface area contributed by atoms with Gasteiger partial charge >= 0.3 is 0 Å². The number of primary amides is 1. The predicted octanol–water partition coefficient (Wildman–Crippen LogP) is 0.393. The van der Waals surface area contributed by atoms with Gasteiger partial charge in [0.1, 0.15) is 17.9 Å². The van der Waals surface area contributed by atoms with Crippen molar-refractivity contribution in [1.29, 1.82) is 5.26 Å². The van der Waals surface area contributed by atoms with E-state index in [1.165, 1.54) is 31.2 Å². The summed E-state index contributed by atoms with van der Waals surface area (Å²) in [5.74, 6) is -2.69. The predicted molar refractivity (Wildman–Crippen MR) is 88.2 cm³/mol. The van der Waals surface area contributed by atoms with Crippen LogP contribution in [-0.4, -0.2) is 29.8 Å². The zero-order valence-corrected chi connectivity index (χ0v) is 14.1. The molecular weight excluding hydrogens is 327 g/mol. The summed E-state index contributed by atoms with van der Waals surface area (Å²) in [6.45, 7) is 2.88. The summed E-state index contributed by atoms with van der Waals surface area (Å²) >= 11 is 0. The molecule has 0 heterocycles. The summed E-state index contributed by atoms with van der Waals surface area (Å²) in [5, 5.41) is 13.7. The lowest BCUT2D eigenvalue weighted by molar-refractivity contribution is -0.131. The monoisotopic (exact) mass is 348 g/mol. The van der Waals surface area contributed by atoms with E-state index in [1.54, 1.807) is 6.92 Å². The van der Waals surface area contributed by atoms with Crippen LogP contribution in [0.15, 0.2) is 24.3 Å². The molecule has 0 aliphatic rings. The molecule has 7 nitrogen and oxygen atoms in total. The van der Waals surface area contributed by atoms with Crippen molar-refractivity contribution >= 4 is 17.7 Å². The van der Waals surface area contributed by atoms with Crippen LogP contribution in [-0.2, 0) is 20.8 Å². The highest BCUT2D eigenvalue weighted by Gasteiger charge is 2.28. The smallest absolute Gasteiger partial charge is 0.243 e. The van der Waals surface area contributed by atoms with Gasteiger partial charge in [-0.05, 0) is 23.6 Å². The van der Waals surface area contributed by atoms with E-state index in [4.69, 9.17) is 11.0 Å². The fourth-order valence-electron chi connectivity index (χ4n) is 2.32. The van der Waals surface area contributed by atoms with Gasteiger partial charge in [0.15, 0.2) is 0 Å². The first-order valence-electron chi connectivity index (χ1n) is 7.72. The molecule has 3 amide bonds. The van der Waals surface area contributed by atoms with E-state index < -0.39 is 41.5 Å². The first-order valence-corrected chi connectivity index (χ1v) is 7.72. The Bertz CT molecular complexity index is 669. The van der Waals surface area contributed by atoms with Gasteiger partial charge in [0.05, 0.1) is 6.07 Å². The molecule has 0 spiro atoms. The minimum Gasteiger partial charge on any atom is -0.368 e. The Hall–Kier alpha value is -2.95. The maximum absolute atomic E-state index is 13.0. The number of nitrogens with two attached hydrogens (primary N) is 1. The van der Waals surface area contributed by atoms with Crippen molar-refractivity contribution in [2.45, 2.75) is 38.8 Å². The van der Waals surface area contributed by atoms with E-state index >= 15 is 0 Å². The number of carbonyl (C=O) groups is 3. The Morgan fingerprint density at radius 2 is 1.84 bits per heavy atom. The first-order chi connectivity index (χ1) is 11.7. The Morgan fingerprint density at radius 1 is 1.24 bits per heavy atom. The molecule has 8 heteroatoms. The molecule has 0 aliphatic carbocycles. The third-order valence-electron chi connectivity index (χ3n) is 3.63. The van der Waals surface area contributed by atoms with E-state index in [9.17, 15) is 18.8 Å². The summed E-state index contributed by atoms with van der Waals surface area (Å²) in [4.78, 5) is 35.4. The number of benzene rings is 1. The van der Waals surface area contributed by atoms with E-state index in [2.05, 4.69) is 10.6 Å². The summed E-state index contributed by atoms with van der Waals surface area (Å²) in [5.41, 5.74) is 5.93. The van der Waals surface area contributed by atoms with Gasteiger partial charge in [-0.25, -0.2) is 4.39 Å². The van der Waals surface area contributed by atoms with Gasteiger partial charge in [-0.15, -0.1) is 0 Å². The van der Waals surface area contributed by atoms with Gasteiger partial charge in [-0.3, -0.25) is 14.4 Å². The Morgan fingerprint density at radius 3 is 2.32 bits per heavy atom. The molecule has 0 saturated carbocycles. The van der Waals surface area contributed by atoms with Crippen molar-refractivity contribution in [2.75, 3.05) is 0 Å². The highest BCUT2D eigenvalue weighted by atomic mass is 19.1. The van der Waals surface area contributed by atoms with Crippen LogP contribution in [0.3, 0.4) is 0 Å². The molecule has 1 aromatic carbocycles. The molecule has 0 radical (unpaired) electrons. The maximum Gasteiger partial charge on any atom is 0.243 e. The fraction of sp³-hybridized carbons (Fsp3) is 0.412. The molecule has 0 bridgehead atoms. The number of nitrogens with one attached hydrogen (secondary N) is 2. The molecule has 1 rings (SSSR count). The van der Waals surface area contributed by atoms with E-state index in [1.807, 2.05) is 6.07 Å². The lowest BCUT2D eigenvalue weighted by atomic mass is 9.97. The fourth-order valence-corrected chi connectivity index (χ4v) is 2.32. The van der Waals surface area contributed by atoms with Gasteiger partial charge in [0.25, 0.3) is 0 Å². The number of carbonyl (C=O) groups excluding carboxylic acids is 3. The SMILES string of the molecule is CC(=O)N[C@@H](Cc1ccc(F)cc1)C(=O)N[C@@H](C(N)=O)[C@H](C)CC#N. The van der Waals surface area contributed by atoms with Crippen LogP contribution in [0.25, 0.3) is 0 Å². The van der Waals surface area contributed by atoms with Crippen molar-refractivity contribution in [1.82, 2.24) is 10.6 Å². The van der Waals surface area contributed by atoms with Gasteiger partial charge in [0.2, 0.25) is 17.7 Å². The van der Waals surface area contributed by atoms with Crippen LogP contribution in [0.4, 0.5) is 4.39 Å². The number of hydrogen-bond donors (Lipinski definition) is 3. The minimum absolute atomic E-state index is 0.0383. The number of amides is 3. The van der Waals surface area contributed by atoms with Crippen molar-refractivity contribution in [3.63, 3.8) is 0 Å². The van der Waals surface area contributed by atoms with Gasteiger partial charge < -0.3 is 16.4 Å². The number of nitrogens with zero attached hydrogens (tertiary/aromatic N) is 1. The largest absolute Gasteiger partial charge is 0.368 e. The summed E-state index contributed by atoms with van der Waals surface area (Å²) < 4.78 is 13.0. The molecule has 134 valence electrons. The lowest BCUT2D eigenvalue weighted by Gasteiger charge is -2.24. The summed E-state index contributed by atoms with van der Waals surface area (Å²) in [6.07, 6.45) is 0.153. The van der Waals surface area contributed by atoms with Crippen LogP contribution >= 0.6 is 0 Å². The van der Waals surface area contributed by atoms with Gasteiger partial charge in [-0.2, -0.15) is 5.26 Å². The molecule has 0 saturated heterocycles. The molecule has 1 aromatic rings. The summed E-state index contributed by atoms with van der Waals surface area (Å²) in [6, 6.07) is 5.43. The number of rotatable bonds is 8. The Balaban J connectivity index is 2.91. The Kier molecular flexibility index (Phi) is 7.53. The van der Waals surface area contributed by atoms with Crippen LogP contribution in [0.2, 0.25) is 0 Å². The van der Waals surface area contributed by atoms with Crippen LogP contribution < -0.4 is 16.4 Å². The van der Waals surface area contributed by atoms with Gasteiger partial charge in [-0.1, -0.05) is 19.1 Å². The van der Waals surface area contributed by atoms with Crippen molar-refractivity contribution in [3.8, 4) is 6.07 Å². The standard InChI is InChI=1S/C17H21FN4O3/c1-10(7-8-19)15(16(20)24)22-17(25)14(21-11(2)23)9-12-3-5-13(18)6-4-12/h3-6,10,14-15H,7,9H2,1-2H3,(H2,20,24)(H,21,23)(H,22,25)/t10-,14+,15-/m1/s1. The molecule has 0 unspecified atom stereocenters. The summed E-state index contributed by atoms with van der Waals surface area (Å²) in [7, 11) is 0. The van der Waals surface area contributed by atoms with Crippen molar-refractivity contribution in [3.05, 3.63) is 35.6 Å². The van der Waals surface area contributed by atoms with Crippen LogP contribution in [0, 0.1) is 23.1 Å². The Labute approximate surface area is 145 Å². The molecule has 3 atom stereocenters. The van der Waals surface area contributed by atoms with Crippen molar-refractivity contribution in [2.24, 2.45) is 11.7 Å². The van der Waals surface area contributed by atoms with E-state index in [0.717, 1.165) is 0 Å². The second-order valence-electron chi connectivity index (χ2n) is 5.81.